The Morgan fingerprint density at radius 2 is 1.48 bits per heavy atom. The van der Waals surface area contributed by atoms with E-state index in [1.54, 1.807) is 48.5 Å². The van der Waals surface area contributed by atoms with Crippen LogP contribution in [-0.2, 0) is 14.8 Å². The van der Waals surface area contributed by atoms with Gasteiger partial charge in [0.15, 0.2) is 0 Å². The topological polar surface area (TPSA) is 95.5 Å². The van der Waals surface area contributed by atoms with E-state index >= 15 is 0 Å². The van der Waals surface area contributed by atoms with E-state index < -0.39 is 22.0 Å². The Morgan fingerprint density at radius 1 is 0.952 bits per heavy atom. The number of benzene rings is 2. The van der Waals surface area contributed by atoms with Crippen molar-refractivity contribution in [2.24, 2.45) is 0 Å². The van der Waals surface area contributed by atoms with E-state index in [-0.39, 0.29) is 4.90 Å². The Labute approximate surface area is 122 Å². The summed E-state index contributed by atoms with van der Waals surface area (Å²) in [4.78, 5) is 11.8. The lowest BCUT2D eigenvalue weighted by molar-refractivity contribution is -0.131. The lowest BCUT2D eigenvalue weighted by Gasteiger charge is -2.17. The van der Waals surface area contributed by atoms with Crippen LogP contribution in [0.15, 0.2) is 65.6 Å². The van der Waals surface area contributed by atoms with Crippen LogP contribution < -0.4 is 10.2 Å². The van der Waals surface area contributed by atoms with Crippen LogP contribution in [0.4, 0.5) is 0 Å². The predicted molar refractivity (Wildman–Crippen MR) is 75.9 cm³/mol. The molecule has 0 saturated carbocycles. The van der Waals surface area contributed by atoms with Crippen molar-refractivity contribution in [1.82, 2.24) is 10.2 Å². The van der Waals surface area contributed by atoms with Crippen LogP contribution in [0.25, 0.3) is 0 Å². The van der Waals surface area contributed by atoms with E-state index in [0.29, 0.717) is 5.56 Å². The van der Waals surface area contributed by atoms with Gasteiger partial charge in [0, 0.05) is 0 Å². The fourth-order valence-corrected chi connectivity index (χ4v) is 3.01. The van der Waals surface area contributed by atoms with Crippen molar-refractivity contribution in [1.29, 1.82) is 0 Å². The number of sulfonamides is 1. The van der Waals surface area contributed by atoms with Gasteiger partial charge in [-0.3, -0.25) is 10.0 Å². The molecule has 0 heterocycles. The molecule has 0 aliphatic rings. The highest BCUT2D eigenvalue weighted by Crippen LogP contribution is 2.17. The predicted octanol–water partition coefficient (Wildman–Crippen LogP) is 1.21. The number of rotatable bonds is 5. The molecular weight excluding hydrogens is 292 g/mol. The molecule has 2 aromatic rings. The first kappa shape index (κ1) is 15.2. The summed E-state index contributed by atoms with van der Waals surface area (Å²) in [5.41, 5.74) is 1.89. The van der Waals surface area contributed by atoms with Gasteiger partial charge in [-0.25, -0.2) is 13.9 Å². The summed E-state index contributed by atoms with van der Waals surface area (Å²) in [5, 5.41) is 8.80. The minimum atomic E-state index is -3.88. The maximum atomic E-state index is 12.3. The van der Waals surface area contributed by atoms with Gasteiger partial charge in [-0.15, -0.1) is 0 Å². The highest BCUT2D eigenvalue weighted by molar-refractivity contribution is 7.89. The summed E-state index contributed by atoms with van der Waals surface area (Å²) in [6, 6.07) is 14.7. The average molecular weight is 306 g/mol. The van der Waals surface area contributed by atoms with Crippen molar-refractivity contribution in [3.05, 3.63) is 66.2 Å². The first-order valence-electron chi connectivity index (χ1n) is 6.11. The van der Waals surface area contributed by atoms with E-state index in [4.69, 9.17) is 5.21 Å². The van der Waals surface area contributed by atoms with Gasteiger partial charge in [-0.1, -0.05) is 48.5 Å². The number of nitrogens with one attached hydrogen (secondary N) is 2. The molecule has 0 aromatic heterocycles. The van der Waals surface area contributed by atoms with Crippen molar-refractivity contribution in [2.45, 2.75) is 10.9 Å². The second kappa shape index (κ2) is 6.49. The quantitative estimate of drug-likeness (QED) is 0.571. The number of carbonyl (C=O) groups is 1. The van der Waals surface area contributed by atoms with Crippen LogP contribution in [-0.4, -0.2) is 19.5 Å². The summed E-state index contributed by atoms with van der Waals surface area (Å²) in [7, 11) is -3.88. The molecular formula is C14H14N2O4S. The Morgan fingerprint density at radius 3 is 2.00 bits per heavy atom. The first-order chi connectivity index (χ1) is 10.0. The van der Waals surface area contributed by atoms with Gasteiger partial charge in [0.1, 0.15) is 6.04 Å². The van der Waals surface area contributed by atoms with Crippen LogP contribution in [0.2, 0.25) is 0 Å². The normalized spacial score (nSPS) is 12.6. The highest BCUT2D eigenvalue weighted by atomic mass is 32.2. The van der Waals surface area contributed by atoms with Crippen LogP contribution in [0.1, 0.15) is 11.6 Å². The molecule has 0 aliphatic carbocycles. The molecule has 0 aliphatic heterocycles. The van der Waals surface area contributed by atoms with Gasteiger partial charge in [0.05, 0.1) is 4.90 Å². The molecule has 0 fully saturated rings. The van der Waals surface area contributed by atoms with E-state index in [2.05, 4.69) is 4.72 Å². The van der Waals surface area contributed by atoms with Crippen molar-refractivity contribution >= 4 is 15.9 Å². The van der Waals surface area contributed by atoms with E-state index in [1.165, 1.54) is 17.6 Å². The lowest BCUT2D eigenvalue weighted by atomic mass is 10.1. The SMILES string of the molecule is O=C(NO)C(NS(=O)(=O)c1ccccc1)c1ccccc1. The number of hydrogen-bond acceptors (Lipinski definition) is 4. The third-order valence-corrected chi connectivity index (χ3v) is 4.27. The molecule has 0 radical (unpaired) electrons. The largest absolute Gasteiger partial charge is 0.289 e. The van der Waals surface area contributed by atoms with E-state index in [9.17, 15) is 13.2 Å². The Balaban J connectivity index is 2.34. The minimum absolute atomic E-state index is 0.0386. The zero-order valence-electron chi connectivity index (χ0n) is 10.9. The van der Waals surface area contributed by atoms with Crippen LogP contribution in [0.5, 0.6) is 0 Å². The van der Waals surface area contributed by atoms with Crippen LogP contribution in [0.3, 0.4) is 0 Å². The average Bonchev–Trinajstić information content (AvgIpc) is 2.53. The molecule has 2 aromatic carbocycles. The summed E-state index contributed by atoms with van der Waals surface area (Å²) < 4.78 is 26.8. The molecule has 0 spiro atoms. The van der Waals surface area contributed by atoms with Gasteiger partial charge in [0.25, 0.3) is 5.91 Å². The number of carbonyl (C=O) groups excluding carboxylic acids is 1. The number of hydrogen-bond donors (Lipinski definition) is 3. The summed E-state index contributed by atoms with van der Waals surface area (Å²) in [6.45, 7) is 0. The summed E-state index contributed by atoms with van der Waals surface area (Å²) in [5.74, 6) is -0.860. The molecule has 7 heteroatoms. The third-order valence-electron chi connectivity index (χ3n) is 2.83. The monoisotopic (exact) mass is 306 g/mol. The van der Waals surface area contributed by atoms with Gasteiger partial charge >= 0.3 is 0 Å². The summed E-state index contributed by atoms with van der Waals surface area (Å²) >= 11 is 0. The van der Waals surface area contributed by atoms with E-state index in [1.807, 2.05) is 0 Å². The zero-order valence-corrected chi connectivity index (χ0v) is 11.7. The number of hydroxylamine groups is 1. The standard InChI is InChI=1S/C14H14N2O4S/c17-14(15-18)13(11-7-3-1-4-8-11)16-21(19,20)12-9-5-2-6-10-12/h1-10,13,16,18H,(H,15,17). The highest BCUT2D eigenvalue weighted by Gasteiger charge is 2.26. The van der Waals surface area contributed by atoms with Crippen molar-refractivity contribution in [3.63, 3.8) is 0 Å². The Hall–Kier alpha value is -2.22. The minimum Gasteiger partial charge on any atom is -0.289 e. The maximum absolute atomic E-state index is 12.3. The van der Waals surface area contributed by atoms with E-state index in [0.717, 1.165) is 0 Å². The lowest BCUT2D eigenvalue weighted by Crippen LogP contribution is -2.39. The Kier molecular flexibility index (Phi) is 4.69. The van der Waals surface area contributed by atoms with Crippen molar-refractivity contribution in [2.75, 3.05) is 0 Å². The smallest absolute Gasteiger partial charge is 0.266 e. The van der Waals surface area contributed by atoms with Crippen LogP contribution >= 0.6 is 0 Å². The fraction of sp³-hybridized carbons (Fsp3) is 0.0714. The molecule has 1 amide bonds. The molecule has 3 N–H and O–H groups in total. The molecule has 0 saturated heterocycles. The molecule has 6 nitrogen and oxygen atoms in total. The second-order valence-corrected chi connectivity index (χ2v) is 5.97. The molecule has 0 bridgehead atoms. The molecule has 1 atom stereocenters. The van der Waals surface area contributed by atoms with Gasteiger partial charge in [-0.2, -0.15) is 4.72 Å². The van der Waals surface area contributed by atoms with Gasteiger partial charge in [0.2, 0.25) is 10.0 Å². The Bertz CT molecular complexity index is 702. The number of amides is 1. The first-order valence-corrected chi connectivity index (χ1v) is 7.59. The van der Waals surface area contributed by atoms with Crippen LogP contribution in [0, 0.1) is 0 Å². The molecule has 21 heavy (non-hydrogen) atoms. The third kappa shape index (κ3) is 3.66. The van der Waals surface area contributed by atoms with Crippen molar-refractivity contribution < 1.29 is 18.4 Å². The molecule has 2 rings (SSSR count). The van der Waals surface area contributed by atoms with Crippen molar-refractivity contribution in [3.8, 4) is 0 Å². The second-order valence-electron chi connectivity index (χ2n) is 4.25. The van der Waals surface area contributed by atoms with Gasteiger partial charge < -0.3 is 0 Å². The maximum Gasteiger partial charge on any atom is 0.266 e. The molecule has 110 valence electrons. The molecule has 1 unspecified atom stereocenters. The van der Waals surface area contributed by atoms with Gasteiger partial charge in [-0.05, 0) is 17.7 Å². The summed E-state index contributed by atoms with van der Waals surface area (Å²) in [6.07, 6.45) is 0. The zero-order chi connectivity index (χ0) is 15.3. The fourth-order valence-electron chi connectivity index (χ4n) is 1.81.